The van der Waals surface area contributed by atoms with Crippen molar-refractivity contribution in [3.05, 3.63) is 47.5 Å². The first-order valence-corrected chi connectivity index (χ1v) is 6.30. The second kappa shape index (κ2) is 5.86. The highest BCUT2D eigenvalue weighted by Crippen LogP contribution is 2.10. The maximum absolute atomic E-state index is 3.60. The lowest BCUT2D eigenvalue weighted by atomic mass is 10.0. The monoisotopic (exact) mass is 215 g/mol. The Kier molecular flexibility index (Phi) is 4.17. The molecule has 1 aliphatic carbocycles. The summed E-state index contributed by atoms with van der Waals surface area (Å²) in [5, 5.41) is 3.60. The van der Waals surface area contributed by atoms with E-state index < -0.39 is 0 Å². The van der Waals surface area contributed by atoms with Crippen LogP contribution < -0.4 is 5.32 Å². The number of benzene rings is 1. The minimum Gasteiger partial charge on any atom is -0.310 e. The zero-order chi connectivity index (χ0) is 11.2. The first-order valence-electron chi connectivity index (χ1n) is 6.30. The predicted molar refractivity (Wildman–Crippen MR) is 69.7 cm³/mol. The quantitative estimate of drug-likeness (QED) is 0.760. The van der Waals surface area contributed by atoms with Gasteiger partial charge in [-0.25, -0.2) is 0 Å². The van der Waals surface area contributed by atoms with E-state index in [1.54, 1.807) is 0 Å². The maximum Gasteiger partial charge on any atom is 0.0250 e. The van der Waals surface area contributed by atoms with E-state index in [9.17, 15) is 0 Å². The molecule has 0 spiro atoms. The smallest absolute Gasteiger partial charge is 0.0250 e. The van der Waals surface area contributed by atoms with Gasteiger partial charge in [0.15, 0.2) is 0 Å². The first-order chi connectivity index (χ1) is 7.84. The van der Waals surface area contributed by atoms with E-state index >= 15 is 0 Å². The number of rotatable bonds is 4. The molecule has 2 rings (SSSR count). The van der Waals surface area contributed by atoms with Crippen molar-refractivity contribution in [3.63, 3.8) is 0 Å². The second-order valence-corrected chi connectivity index (χ2v) is 4.66. The Morgan fingerprint density at radius 2 is 2.31 bits per heavy atom. The normalized spacial score (nSPS) is 19.9. The summed E-state index contributed by atoms with van der Waals surface area (Å²) >= 11 is 0. The summed E-state index contributed by atoms with van der Waals surface area (Å²) in [5.74, 6) is 0. The molecule has 0 saturated carbocycles. The van der Waals surface area contributed by atoms with Crippen LogP contribution in [0.15, 0.2) is 36.4 Å². The Bertz CT molecular complexity index is 354. The average molecular weight is 215 g/mol. The first kappa shape index (κ1) is 11.4. The molecule has 1 aliphatic rings. The van der Waals surface area contributed by atoms with Crippen LogP contribution in [-0.2, 0) is 6.42 Å². The van der Waals surface area contributed by atoms with Crippen LogP contribution in [0.25, 0.3) is 0 Å². The number of hydrogen-bond acceptors (Lipinski definition) is 1. The van der Waals surface area contributed by atoms with Crippen molar-refractivity contribution < 1.29 is 0 Å². The van der Waals surface area contributed by atoms with E-state index in [1.165, 1.54) is 30.4 Å². The molecule has 1 atom stereocenters. The summed E-state index contributed by atoms with van der Waals surface area (Å²) in [7, 11) is 0. The lowest BCUT2D eigenvalue weighted by Crippen LogP contribution is -2.30. The summed E-state index contributed by atoms with van der Waals surface area (Å²) < 4.78 is 0. The van der Waals surface area contributed by atoms with Crippen molar-refractivity contribution in [3.8, 4) is 0 Å². The molecule has 1 aromatic rings. The SMILES string of the molecule is Cc1cccc(CCNC2C=CCCC2)c1. The van der Waals surface area contributed by atoms with Gasteiger partial charge in [0.05, 0.1) is 0 Å². The largest absolute Gasteiger partial charge is 0.310 e. The topological polar surface area (TPSA) is 12.0 Å². The molecular weight excluding hydrogens is 194 g/mol. The van der Waals surface area contributed by atoms with Gasteiger partial charge in [-0.15, -0.1) is 0 Å². The third-order valence-corrected chi connectivity index (χ3v) is 3.16. The van der Waals surface area contributed by atoms with E-state index in [0.717, 1.165) is 13.0 Å². The molecule has 1 heteroatoms. The molecule has 0 aromatic heterocycles. The fourth-order valence-corrected chi connectivity index (χ4v) is 2.25. The van der Waals surface area contributed by atoms with E-state index in [1.807, 2.05) is 0 Å². The van der Waals surface area contributed by atoms with E-state index in [0.29, 0.717) is 6.04 Å². The minimum atomic E-state index is 0.610. The molecule has 0 heterocycles. The number of hydrogen-bond donors (Lipinski definition) is 1. The van der Waals surface area contributed by atoms with Gasteiger partial charge in [-0.05, 0) is 44.7 Å². The standard InChI is InChI=1S/C15H21N/c1-13-6-5-7-14(12-13)10-11-16-15-8-3-2-4-9-15/h3,5-8,12,15-16H,2,4,9-11H2,1H3. The Balaban J connectivity index is 1.75. The van der Waals surface area contributed by atoms with Crippen molar-refractivity contribution in [2.75, 3.05) is 6.54 Å². The predicted octanol–water partition coefficient (Wildman–Crippen LogP) is 3.24. The van der Waals surface area contributed by atoms with Crippen molar-refractivity contribution in [2.45, 2.75) is 38.6 Å². The van der Waals surface area contributed by atoms with E-state index in [-0.39, 0.29) is 0 Å². The molecular formula is C15H21N. The van der Waals surface area contributed by atoms with Gasteiger partial charge in [0.25, 0.3) is 0 Å². The number of nitrogens with one attached hydrogen (secondary N) is 1. The summed E-state index contributed by atoms with van der Waals surface area (Å²) in [6.45, 7) is 3.24. The molecule has 0 amide bonds. The van der Waals surface area contributed by atoms with Crippen molar-refractivity contribution in [2.24, 2.45) is 0 Å². The van der Waals surface area contributed by atoms with E-state index in [4.69, 9.17) is 0 Å². The Labute approximate surface area is 98.6 Å². The van der Waals surface area contributed by atoms with Crippen LogP contribution in [0.5, 0.6) is 0 Å². The van der Waals surface area contributed by atoms with Crippen LogP contribution in [0, 0.1) is 6.92 Å². The van der Waals surface area contributed by atoms with Gasteiger partial charge in [-0.1, -0.05) is 42.0 Å². The lowest BCUT2D eigenvalue weighted by molar-refractivity contribution is 0.525. The highest BCUT2D eigenvalue weighted by atomic mass is 14.9. The fourth-order valence-electron chi connectivity index (χ4n) is 2.25. The Morgan fingerprint density at radius 1 is 1.38 bits per heavy atom. The zero-order valence-corrected chi connectivity index (χ0v) is 10.1. The molecule has 0 fully saturated rings. The third-order valence-electron chi connectivity index (χ3n) is 3.16. The molecule has 1 nitrogen and oxygen atoms in total. The minimum absolute atomic E-state index is 0.610. The van der Waals surface area contributed by atoms with Crippen LogP contribution in [-0.4, -0.2) is 12.6 Å². The van der Waals surface area contributed by atoms with Gasteiger partial charge >= 0.3 is 0 Å². The molecule has 1 aromatic carbocycles. The highest BCUT2D eigenvalue weighted by Gasteiger charge is 2.06. The molecule has 0 aliphatic heterocycles. The molecule has 16 heavy (non-hydrogen) atoms. The second-order valence-electron chi connectivity index (χ2n) is 4.66. The van der Waals surface area contributed by atoms with Gasteiger partial charge < -0.3 is 5.32 Å². The summed E-state index contributed by atoms with van der Waals surface area (Å²) in [5.41, 5.74) is 2.79. The number of allylic oxidation sites excluding steroid dienone is 1. The van der Waals surface area contributed by atoms with Gasteiger partial charge in [0, 0.05) is 6.04 Å². The van der Waals surface area contributed by atoms with Crippen LogP contribution in [0.4, 0.5) is 0 Å². The number of aryl methyl sites for hydroxylation is 1. The van der Waals surface area contributed by atoms with Crippen LogP contribution >= 0.6 is 0 Å². The van der Waals surface area contributed by atoms with Gasteiger partial charge in [-0.3, -0.25) is 0 Å². The summed E-state index contributed by atoms with van der Waals surface area (Å²) in [4.78, 5) is 0. The van der Waals surface area contributed by atoms with Gasteiger partial charge in [-0.2, -0.15) is 0 Å². The fraction of sp³-hybridized carbons (Fsp3) is 0.467. The van der Waals surface area contributed by atoms with Crippen molar-refractivity contribution in [1.82, 2.24) is 5.32 Å². The van der Waals surface area contributed by atoms with Crippen molar-refractivity contribution >= 4 is 0 Å². The Hall–Kier alpha value is -1.08. The van der Waals surface area contributed by atoms with Crippen LogP contribution in [0.3, 0.4) is 0 Å². The molecule has 1 unspecified atom stereocenters. The molecule has 0 saturated heterocycles. The Morgan fingerprint density at radius 3 is 3.06 bits per heavy atom. The zero-order valence-electron chi connectivity index (χ0n) is 10.1. The molecule has 1 N–H and O–H groups in total. The summed E-state index contributed by atoms with van der Waals surface area (Å²) in [6, 6.07) is 9.40. The summed E-state index contributed by atoms with van der Waals surface area (Å²) in [6.07, 6.45) is 9.64. The van der Waals surface area contributed by atoms with Gasteiger partial charge in [0.1, 0.15) is 0 Å². The van der Waals surface area contributed by atoms with E-state index in [2.05, 4.69) is 48.7 Å². The highest BCUT2D eigenvalue weighted by molar-refractivity contribution is 5.22. The lowest BCUT2D eigenvalue weighted by Gasteiger charge is -2.17. The van der Waals surface area contributed by atoms with Crippen molar-refractivity contribution in [1.29, 1.82) is 0 Å². The average Bonchev–Trinajstić information content (AvgIpc) is 2.30. The van der Waals surface area contributed by atoms with Gasteiger partial charge in [0.2, 0.25) is 0 Å². The van der Waals surface area contributed by atoms with Crippen LogP contribution in [0.1, 0.15) is 30.4 Å². The van der Waals surface area contributed by atoms with Crippen LogP contribution in [0.2, 0.25) is 0 Å². The molecule has 86 valence electrons. The molecule has 0 radical (unpaired) electrons. The maximum atomic E-state index is 3.60. The third kappa shape index (κ3) is 3.49. The molecule has 0 bridgehead atoms.